The van der Waals surface area contributed by atoms with Gasteiger partial charge in [0.25, 0.3) is 0 Å². The van der Waals surface area contributed by atoms with Gasteiger partial charge in [0.15, 0.2) is 0 Å². The minimum absolute atomic E-state index is 0.0586. The van der Waals surface area contributed by atoms with E-state index in [0.29, 0.717) is 31.5 Å². The Morgan fingerprint density at radius 1 is 1.00 bits per heavy atom. The van der Waals surface area contributed by atoms with Gasteiger partial charge in [-0.1, -0.05) is 26.8 Å². The highest BCUT2D eigenvalue weighted by Crippen LogP contribution is 2.40. The molecule has 0 saturated carbocycles. The maximum Gasteiger partial charge on any atom is 0.418 e. The van der Waals surface area contributed by atoms with Gasteiger partial charge in [-0.15, -0.1) is 0 Å². The van der Waals surface area contributed by atoms with Gasteiger partial charge in [-0.25, -0.2) is 0 Å². The summed E-state index contributed by atoms with van der Waals surface area (Å²) >= 11 is 0. The Hall–Kier alpha value is -1.76. The van der Waals surface area contributed by atoms with E-state index in [1.165, 1.54) is 6.07 Å². The van der Waals surface area contributed by atoms with Crippen molar-refractivity contribution in [3.63, 3.8) is 0 Å². The van der Waals surface area contributed by atoms with Crippen molar-refractivity contribution in [2.45, 2.75) is 64.1 Å². The third-order valence-electron chi connectivity index (χ3n) is 6.44. The molecule has 2 aliphatic heterocycles. The van der Waals surface area contributed by atoms with Gasteiger partial charge < -0.3 is 15.1 Å². The predicted molar refractivity (Wildman–Crippen MR) is 114 cm³/mol. The molecule has 4 nitrogen and oxygen atoms in total. The van der Waals surface area contributed by atoms with Crippen molar-refractivity contribution in [3.05, 3.63) is 29.3 Å². The van der Waals surface area contributed by atoms with Gasteiger partial charge in [-0.05, 0) is 68.9 Å². The molecule has 0 atom stereocenters. The molecule has 1 aromatic carbocycles. The van der Waals surface area contributed by atoms with Crippen LogP contribution in [0.3, 0.4) is 0 Å². The first-order chi connectivity index (χ1) is 13.9. The van der Waals surface area contributed by atoms with Gasteiger partial charge in [0.05, 0.1) is 5.56 Å². The summed E-state index contributed by atoms with van der Waals surface area (Å²) in [5, 5.41) is 3.16. The molecular weight excluding hydrogens is 391 g/mol. The van der Waals surface area contributed by atoms with Gasteiger partial charge in [0, 0.05) is 30.7 Å². The lowest BCUT2D eigenvalue weighted by atomic mass is 9.85. The Morgan fingerprint density at radius 2 is 1.60 bits per heavy atom. The Labute approximate surface area is 177 Å². The number of nitrogens with zero attached hydrogens (tertiary/aromatic N) is 2. The largest absolute Gasteiger partial charge is 0.418 e. The molecule has 1 amide bonds. The summed E-state index contributed by atoms with van der Waals surface area (Å²) in [7, 11) is 2.08. The molecule has 1 aromatic rings. The van der Waals surface area contributed by atoms with Crippen LogP contribution in [0.1, 0.15) is 57.6 Å². The molecule has 0 radical (unpaired) electrons. The summed E-state index contributed by atoms with van der Waals surface area (Å²) < 4.78 is 41.3. The minimum Gasteiger partial charge on any atom is -0.371 e. The number of piperidine rings is 2. The predicted octanol–water partition coefficient (Wildman–Crippen LogP) is 4.43. The molecule has 168 valence electrons. The summed E-state index contributed by atoms with van der Waals surface area (Å²) in [5.41, 5.74) is -0.0304. The third-order valence-corrected chi connectivity index (χ3v) is 6.44. The first-order valence-electron chi connectivity index (χ1n) is 10.9. The van der Waals surface area contributed by atoms with Crippen molar-refractivity contribution in [2.24, 2.45) is 5.92 Å². The lowest BCUT2D eigenvalue weighted by Gasteiger charge is -2.36. The molecule has 1 N–H and O–H groups in total. The van der Waals surface area contributed by atoms with E-state index in [-0.39, 0.29) is 29.0 Å². The number of carbonyl (C=O) groups excluding carboxylic acids is 1. The number of amides is 1. The molecule has 0 unspecified atom stereocenters. The number of rotatable bonds is 3. The quantitative estimate of drug-likeness (QED) is 0.778. The van der Waals surface area contributed by atoms with Crippen molar-refractivity contribution >= 4 is 11.6 Å². The number of hydrogen-bond acceptors (Lipinski definition) is 3. The van der Waals surface area contributed by atoms with Crippen LogP contribution >= 0.6 is 0 Å². The van der Waals surface area contributed by atoms with Gasteiger partial charge >= 0.3 is 6.18 Å². The Kier molecular flexibility index (Phi) is 6.70. The third kappa shape index (κ3) is 5.48. The standard InChI is InChI=1S/C23H34F3N3O/c1-22(2,3)17-5-6-20(19(15-17)23(24,25)26)29-13-7-16(8-14-29)21(30)27-18-9-11-28(4)12-10-18/h5-6,15-16,18H,7-14H2,1-4H3,(H,27,30). The van der Waals surface area contributed by atoms with Crippen LogP contribution in [0.15, 0.2) is 18.2 Å². The summed E-state index contributed by atoms with van der Waals surface area (Å²) in [5.74, 6) is -0.0626. The van der Waals surface area contributed by atoms with Crippen LogP contribution in [0.4, 0.5) is 18.9 Å². The highest BCUT2D eigenvalue weighted by molar-refractivity contribution is 5.79. The number of carbonyl (C=O) groups is 1. The second-order valence-electron chi connectivity index (χ2n) is 9.83. The number of hydrogen-bond donors (Lipinski definition) is 1. The van der Waals surface area contributed by atoms with E-state index in [9.17, 15) is 18.0 Å². The van der Waals surface area contributed by atoms with Gasteiger partial charge in [-0.3, -0.25) is 4.79 Å². The normalized spacial score (nSPS) is 20.4. The summed E-state index contributed by atoms with van der Waals surface area (Å²) in [6.07, 6.45) is -1.33. The maximum absolute atomic E-state index is 13.8. The SMILES string of the molecule is CN1CCC(NC(=O)C2CCN(c3ccc(C(C)(C)C)cc3C(F)(F)F)CC2)CC1. The summed E-state index contributed by atoms with van der Waals surface area (Å²) in [6.45, 7) is 8.62. The van der Waals surface area contributed by atoms with E-state index < -0.39 is 11.7 Å². The zero-order chi connectivity index (χ0) is 22.1. The number of alkyl halides is 3. The molecule has 2 saturated heterocycles. The summed E-state index contributed by atoms with van der Waals surface area (Å²) in [4.78, 5) is 16.7. The molecule has 7 heteroatoms. The fraction of sp³-hybridized carbons (Fsp3) is 0.696. The smallest absolute Gasteiger partial charge is 0.371 e. The highest BCUT2D eigenvalue weighted by Gasteiger charge is 2.37. The molecule has 0 spiro atoms. The minimum atomic E-state index is -4.40. The molecule has 0 aromatic heterocycles. The van der Waals surface area contributed by atoms with Crippen LogP contribution in [0.25, 0.3) is 0 Å². The Balaban J connectivity index is 1.65. The number of likely N-dealkylation sites (tertiary alicyclic amines) is 1. The second kappa shape index (κ2) is 8.77. The molecule has 2 heterocycles. The van der Waals surface area contributed by atoms with Crippen LogP contribution in [0, 0.1) is 5.92 Å². The molecular formula is C23H34F3N3O. The zero-order valence-electron chi connectivity index (χ0n) is 18.5. The van der Waals surface area contributed by atoms with E-state index in [2.05, 4.69) is 17.3 Å². The molecule has 2 fully saturated rings. The van der Waals surface area contributed by atoms with E-state index in [0.717, 1.165) is 25.9 Å². The fourth-order valence-electron chi connectivity index (χ4n) is 4.36. The molecule has 3 rings (SSSR count). The van der Waals surface area contributed by atoms with Crippen molar-refractivity contribution in [1.82, 2.24) is 10.2 Å². The number of benzene rings is 1. The van der Waals surface area contributed by atoms with Crippen LogP contribution in [0.2, 0.25) is 0 Å². The van der Waals surface area contributed by atoms with Crippen molar-refractivity contribution in [2.75, 3.05) is 38.1 Å². The lowest BCUT2D eigenvalue weighted by Crippen LogP contribution is -2.47. The van der Waals surface area contributed by atoms with Gasteiger partial charge in [-0.2, -0.15) is 13.2 Å². The first-order valence-corrected chi connectivity index (χ1v) is 10.9. The molecule has 0 aliphatic carbocycles. The fourth-order valence-corrected chi connectivity index (χ4v) is 4.36. The van der Waals surface area contributed by atoms with Crippen LogP contribution in [-0.2, 0) is 16.4 Å². The van der Waals surface area contributed by atoms with Gasteiger partial charge in [0.2, 0.25) is 5.91 Å². The Morgan fingerprint density at radius 3 is 2.13 bits per heavy atom. The lowest BCUT2D eigenvalue weighted by molar-refractivity contribution is -0.137. The second-order valence-corrected chi connectivity index (χ2v) is 9.83. The highest BCUT2D eigenvalue weighted by atomic mass is 19.4. The summed E-state index contributed by atoms with van der Waals surface area (Å²) in [6, 6.07) is 4.90. The topological polar surface area (TPSA) is 35.6 Å². The van der Waals surface area contributed by atoms with E-state index >= 15 is 0 Å². The van der Waals surface area contributed by atoms with E-state index in [1.54, 1.807) is 17.0 Å². The average Bonchev–Trinajstić information content (AvgIpc) is 2.68. The van der Waals surface area contributed by atoms with E-state index in [4.69, 9.17) is 0 Å². The van der Waals surface area contributed by atoms with Crippen molar-refractivity contribution < 1.29 is 18.0 Å². The zero-order valence-corrected chi connectivity index (χ0v) is 18.5. The molecule has 30 heavy (non-hydrogen) atoms. The number of anilines is 1. The van der Waals surface area contributed by atoms with Crippen LogP contribution in [0.5, 0.6) is 0 Å². The van der Waals surface area contributed by atoms with Crippen LogP contribution < -0.4 is 10.2 Å². The average molecular weight is 426 g/mol. The Bertz CT molecular complexity index is 741. The molecule has 2 aliphatic rings. The van der Waals surface area contributed by atoms with Gasteiger partial charge in [0.1, 0.15) is 0 Å². The first kappa shape index (κ1) is 22.9. The van der Waals surface area contributed by atoms with Crippen molar-refractivity contribution in [3.8, 4) is 0 Å². The van der Waals surface area contributed by atoms with Crippen LogP contribution in [-0.4, -0.2) is 50.1 Å². The number of halogens is 3. The monoisotopic (exact) mass is 425 g/mol. The maximum atomic E-state index is 13.8. The van der Waals surface area contributed by atoms with Crippen molar-refractivity contribution in [1.29, 1.82) is 0 Å². The molecule has 0 bridgehead atoms. The number of nitrogens with one attached hydrogen (secondary N) is 1. The van der Waals surface area contributed by atoms with E-state index in [1.807, 2.05) is 20.8 Å².